The molecule has 0 aliphatic rings. The third-order valence-corrected chi connectivity index (χ3v) is 4.01. The quantitative estimate of drug-likeness (QED) is 0.771. The third kappa shape index (κ3) is 2.85. The van der Waals surface area contributed by atoms with Crippen molar-refractivity contribution in [2.45, 2.75) is 6.04 Å². The molecule has 0 radical (unpaired) electrons. The van der Waals surface area contributed by atoms with Gasteiger partial charge in [0.25, 0.3) is 0 Å². The van der Waals surface area contributed by atoms with Crippen LogP contribution < -0.4 is 5.73 Å². The fourth-order valence-electron chi connectivity index (χ4n) is 2.14. The van der Waals surface area contributed by atoms with Crippen molar-refractivity contribution in [1.29, 1.82) is 0 Å². The first-order chi connectivity index (χ1) is 10.2. The molecule has 4 nitrogen and oxygen atoms in total. The molecule has 0 spiro atoms. The highest BCUT2D eigenvalue weighted by molar-refractivity contribution is 9.10. The van der Waals surface area contributed by atoms with E-state index in [0.29, 0.717) is 5.02 Å². The zero-order chi connectivity index (χ0) is 14.8. The van der Waals surface area contributed by atoms with E-state index in [1.807, 2.05) is 48.5 Å². The lowest BCUT2D eigenvalue weighted by molar-refractivity contribution is 0.720. The average molecular weight is 364 g/mol. The normalized spacial score (nSPS) is 12.3. The van der Waals surface area contributed by atoms with Crippen molar-refractivity contribution in [3.63, 3.8) is 0 Å². The van der Waals surface area contributed by atoms with E-state index in [0.717, 1.165) is 21.4 Å². The molecule has 1 heterocycles. The van der Waals surface area contributed by atoms with Crippen molar-refractivity contribution in [2.75, 3.05) is 0 Å². The first-order valence-electron chi connectivity index (χ1n) is 6.33. The minimum absolute atomic E-state index is 0.402. The second kappa shape index (κ2) is 5.97. The molecule has 0 bridgehead atoms. The molecule has 3 rings (SSSR count). The van der Waals surface area contributed by atoms with Gasteiger partial charge >= 0.3 is 0 Å². The highest BCUT2D eigenvalue weighted by Crippen LogP contribution is 2.29. The average Bonchev–Trinajstić information content (AvgIpc) is 2.97. The van der Waals surface area contributed by atoms with Crippen LogP contribution in [0.25, 0.3) is 5.69 Å². The van der Waals surface area contributed by atoms with E-state index in [2.05, 4.69) is 26.2 Å². The predicted molar refractivity (Wildman–Crippen MR) is 86.5 cm³/mol. The van der Waals surface area contributed by atoms with Crippen LogP contribution in [0.5, 0.6) is 0 Å². The van der Waals surface area contributed by atoms with Crippen molar-refractivity contribution in [1.82, 2.24) is 15.0 Å². The number of nitrogens with two attached hydrogens (primary N) is 1. The summed E-state index contributed by atoms with van der Waals surface area (Å²) in [6.45, 7) is 0. The molecule has 2 aromatic carbocycles. The molecule has 1 aromatic heterocycles. The molecule has 0 fully saturated rings. The number of hydrogen-bond acceptors (Lipinski definition) is 3. The van der Waals surface area contributed by atoms with Gasteiger partial charge in [-0.05, 0) is 29.8 Å². The maximum atomic E-state index is 6.35. The van der Waals surface area contributed by atoms with Crippen molar-refractivity contribution in [3.05, 3.63) is 75.5 Å². The number of benzene rings is 2. The Balaban J connectivity index is 2.03. The zero-order valence-corrected chi connectivity index (χ0v) is 13.3. The molecular weight excluding hydrogens is 352 g/mol. The van der Waals surface area contributed by atoms with Gasteiger partial charge in [-0.2, -0.15) is 0 Å². The van der Waals surface area contributed by atoms with Crippen LogP contribution in [0.1, 0.15) is 17.3 Å². The number of halogens is 2. The van der Waals surface area contributed by atoms with Crippen molar-refractivity contribution < 1.29 is 0 Å². The Morgan fingerprint density at radius 2 is 1.90 bits per heavy atom. The Kier molecular flexibility index (Phi) is 4.05. The summed E-state index contributed by atoms with van der Waals surface area (Å²) in [6, 6.07) is 15.0. The molecule has 0 aliphatic carbocycles. The van der Waals surface area contributed by atoms with E-state index >= 15 is 0 Å². The molecule has 0 amide bonds. The highest BCUT2D eigenvalue weighted by Gasteiger charge is 2.18. The maximum Gasteiger partial charge on any atom is 0.0858 e. The van der Waals surface area contributed by atoms with Crippen LogP contribution in [0.2, 0.25) is 5.02 Å². The Bertz CT molecular complexity index is 757. The molecule has 6 heteroatoms. The lowest BCUT2D eigenvalue weighted by atomic mass is 10.0. The predicted octanol–water partition coefficient (Wildman–Crippen LogP) is 3.73. The molecule has 3 aromatic rings. The number of aromatic nitrogens is 3. The van der Waals surface area contributed by atoms with Gasteiger partial charge in [-0.3, -0.25) is 0 Å². The monoisotopic (exact) mass is 362 g/mol. The Morgan fingerprint density at radius 3 is 2.62 bits per heavy atom. The summed E-state index contributed by atoms with van der Waals surface area (Å²) in [6.07, 6.45) is 1.66. The molecule has 1 unspecified atom stereocenters. The molecule has 106 valence electrons. The van der Waals surface area contributed by atoms with Crippen molar-refractivity contribution >= 4 is 27.5 Å². The van der Waals surface area contributed by atoms with Gasteiger partial charge in [0, 0.05) is 9.50 Å². The van der Waals surface area contributed by atoms with Crippen LogP contribution in [0, 0.1) is 0 Å². The number of para-hydroxylation sites is 1. The van der Waals surface area contributed by atoms with E-state index in [1.54, 1.807) is 10.9 Å². The molecule has 21 heavy (non-hydrogen) atoms. The standard InChI is InChI=1S/C15H12BrClN4/c16-10-6-7-12(13(17)8-10)15(18)14-9-19-20-21(14)11-4-2-1-3-5-11/h1-9,15H,18H2. The summed E-state index contributed by atoms with van der Waals surface area (Å²) >= 11 is 9.67. The van der Waals surface area contributed by atoms with Crippen molar-refractivity contribution in [3.8, 4) is 5.69 Å². The van der Waals surface area contributed by atoms with Crippen LogP contribution in [-0.2, 0) is 0 Å². The summed E-state index contributed by atoms with van der Waals surface area (Å²) in [5, 5.41) is 8.70. The Labute approximate surface area is 135 Å². The largest absolute Gasteiger partial charge is 0.319 e. The van der Waals surface area contributed by atoms with Crippen LogP contribution in [-0.4, -0.2) is 15.0 Å². The molecule has 0 aliphatic heterocycles. The van der Waals surface area contributed by atoms with Gasteiger partial charge < -0.3 is 5.73 Å². The van der Waals surface area contributed by atoms with Crippen LogP contribution in [0.3, 0.4) is 0 Å². The topological polar surface area (TPSA) is 56.7 Å². The molecule has 0 saturated heterocycles. The SMILES string of the molecule is NC(c1ccc(Br)cc1Cl)c1cnnn1-c1ccccc1. The number of nitrogens with zero attached hydrogens (tertiary/aromatic N) is 3. The highest BCUT2D eigenvalue weighted by atomic mass is 79.9. The smallest absolute Gasteiger partial charge is 0.0858 e. The number of rotatable bonds is 3. The molecule has 0 saturated carbocycles. The Morgan fingerprint density at radius 1 is 1.14 bits per heavy atom. The van der Waals surface area contributed by atoms with Gasteiger partial charge in [0.2, 0.25) is 0 Å². The minimum Gasteiger partial charge on any atom is -0.319 e. The zero-order valence-electron chi connectivity index (χ0n) is 10.9. The van der Waals surface area contributed by atoms with E-state index in [4.69, 9.17) is 17.3 Å². The van der Waals surface area contributed by atoms with Crippen LogP contribution in [0.4, 0.5) is 0 Å². The Hall–Kier alpha value is -1.69. The van der Waals surface area contributed by atoms with Gasteiger partial charge in [-0.1, -0.05) is 57.0 Å². The van der Waals surface area contributed by atoms with Crippen LogP contribution in [0.15, 0.2) is 59.2 Å². The van der Waals surface area contributed by atoms with E-state index in [-0.39, 0.29) is 0 Å². The van der Waals surface area contributed by atoms with E-state index in [1.165, 1.54) is 0 Å². The van der Waals surface area contributed by atoms with Crippen LogP contribution >= 0.6 is 27.5 Å². The summed E-state index contributed by atoms with van der Waals surface area (Å²) in [5.74, 6) is 0. The van der Waals surface area contributed by atoms with Gasteiger partial charge in [-0.15, -0.1) is 5.10 Å². The summed E-state index contributed by atoms with van der Waals surface area (Å²) in [5.41, 5.74) is 8.88. The van der Waals surface area contributed by atoms with Gasteiger partial charge in [0.1, 0.15) is 0 Å². The molecule has 1 atom stereocenters. The second-order valence-corrected chi connectivity index (χ2v) is 5.87. The third-order valence-electron chi connectivity index (χ3n) is 3.19. The molecular formula is C15H12BrClN4. The lowest BCUT2D eigenvalue weighted by Crippen LogP contribution is -2.17. The van der Waals surface area contributed by atoms with E-state index < -0.39 is 6.04 Å². The summed E-state index contributed by atoms with van der Waals surface area (Å²) in [7, 11) is 0. The van der Waals surface area contributed by atoms with E-state index in [9.17, 15) is 0 Å². The summed E-state index contributed by atoms with van der Waals surface area (Å²) in [4.78, 5) is 0. The second-order valence-electron chi connectivity index (χ2n) is 4.55. The fourth-order valence-corrected chi connectivity index (χ4v) is 2.93. The lowest BCUT2D eigenvalue weighted by Gasteiger charge is -2.15. The fraction of sp³-hybridized carbons (Fsp3) is 0.0667. The molecule has 2 N–H and O–H groups in total. The minimum atomic E-state index is -0.402. The van der Waals surface area contributed by atoms with Crippen molar-refractivity contribution in [2.24, 2.45) is 5.73 Å². The first-order valence-corrected chi connectivity index (χ1v) is 7.50. The maximum absolute atomic E-state index is 6.35. The first kappa shape index (κ1) is 14.3. The van der Waals surface area contributed by atoms with Gasteiger partial charge in [-0.25, -0.2) is 4.68 Å². The van der Waals surface area contributed by atoms with Gasteiger partial charge in [0.05, 0.1) is 23.6 Å². The summed E-state index contributed by atoms with van der Waals surface area (Å²) < 4.78 is 2.64. The number of hydrogen-bond donors (Lipinski definition) is 1. The van der Waals surface area contributed by atoms with Gasteiger partial charge in [0.15, 0.2) is 0 Å².